The first-order valence-electron chi connectivity index (χ1n) is 3.18. The summed E-state index contributed by atoms with van der Waals surface area (Å²) in [4.78, 5) is 2.05. The lowest BCUT2D eigenvalue weighted by atomic mass is 10.3. The summed E-state index contributed by atoms with van der Waals surface area (Å²) >= 11 is 3.42. The van der Waals surface area contributed by atoms with Crippen LogP contribution in [0.15, 0.2) is 22.5 Å². The Labute approximate surface area is 69.7 Å². The molecule has 1 aliphatic rings. The molecule has 0 saturated carbocycles. The van der Waals surface area contributed by atoms with Crippen LogP contribution in [0.3, 0.4) is 0 Å². The minimum absolute atomic E-state index is 0.907. The van der Waals surface area contributed by atoms with Crippen LogP contribution in [0.4, 0.5) is 0 Å². The van der Waals surface area contributed by atoms with Gasteiger partial charge in [0, 0.05) is 25.1 Å². The zero-order chi connectivity index (χ0) is 7.56. The van der Waals surface area contributed by atoms with E-state index in [1.165, 1.54) is 0 Å². The van der Waals surface area contributed by atoms with E-state index >= 15 is 0 Å². The average molecular weight is 203 g/mol. The third-order valence-electron chi connectivity index (χ3n) is 1.34. The molecule has 1 heterocycles. The quantitative estimate of drug-likeness (QED) is 0.690. The molecule has 0 atom stereocenters. The second-order valence-electron chi connectivity index (χ2n) is 2.39. The fraction of sp³-hybridized carbons (Fsp3) is 0.429. The maximum Gasteiger partial charge on any atom is 0.102 e. The molecular formula is C7H11BrN2. The van der Waals surface area contributed by atoms with Crippen molar-refractivity contribution >= 4 is 15.9 Å². The minimum atomic E-state index is 0.907. The van der Waals surface area contributed by atoms with Gasteiger partial charge in [0.25, 0.3) is 0 Å². The van der Waals surface area contributed by atoms with Crippen LogP contribution >= 0.6 is 15.9 Å². The Hall–Kier alpha value is -0.440. The van der Waals surface area contributed by atoms with Gasteiger partial charge >= 0.3 is 0 Å². The lowest BCUT2D eigenvalue weighted by Gasteiger charge is -2.20. The molecule has 3 heteroatoms. The molecule has 0 aromatic heterocycles. The van der Waals surface area contributed by atoms with E-state index in [2.05, 4.69) is 33.4 Å². The zero-order valence-electron chi connectivity index (χ0n) is 6.19. The smallest absolute Gasteiger partial charge is 0.102 e. The SMILES string of the molecule is CN(C)C1=CC(Br)=CCN1. The summed E-state index contributed by atoms with van der Waals surface area (Å²) in [5.74, 6) is 1.15. The Bertz CT molecular complexity index is 182. The van der Waals surface area contributed by atoms with Crippen LogP contribution in [0.2, 0.25) is 0 Å². The van der Waals surface area contributed by atoms with Gasteiger partial charge in [-0.25, -0.2) is 0 Å². The van der Waals surface area contributed by atoms with Gasteiger partial charge in [-0.05, 0) is 6.08 Å². The van der Waals surface area contributed by atoms with Crippen molar-refractivity contribution in [1.29, 1.82) is 0 Å². The summed E-state index contributed by atoms with van der Waals surface area (Å²) in [6.07, 6.45) is 4.15. The highest BCUT2D eigenvalue weighted by atomic mass is 79.9. The summed E-state index contributed by atoms with van der Waals surface area (Å²) in [7, 11) is 4.04. The molecule has 1 rings (SSSR count). The Balaban J connectivity index is 2.69. The van der Waals surface area contributed by atoms with Gasteiger partial charge < -0.3 is 10.2 Å². The van der Waals surface area contributed by atoms with E-state index in [0.29, 0.717) is 0 Å². The summed E-state index contributed by atoms with van der Waals surface area (Å²) in [5.41, 5.74) is 0. The average Bonchev–Trinajstić information content (AvgIpc) is 1.88. The molecule has 0 spiro atoms. The number of nitrogens with zero attached hydrogens (tertiary/aromatic N) is 1. The zero-order valence-corrected chi connectivity index (χ0v) is 7.77. The van der Waals surface area contributed by atoms with Gasteiger partial charge in [0.05, 0.1) is 0 Å². The van der Waals surface area contributed by atoms with Crippen molar-refractivity contribution in [2.45, 2.75) is 0 Å². The fourth-order valence-corrected chi connectivity index (χ4v) is 1.16. The summed E-state index contributed by atoms with van der Waals surface area (Å²) in [5, 5.41) is 3.23. The van der Waals surface area contributed by atoms with E-state index in [0.717, 1.165) is 16.8 Å². The summed E-state index contributed by atoms with van der Waals surface area (Å²) < 4.78 is 1.15. The number of allylic oxidation sites excluding steroid dienone is 2. The molecule has 0 fully saturated rings. The molecule has 56 valence electrons. The van der Waals surface area contributed by atoms with E-state index in [4.69, 9.17) is 0 Å². The first-order chi connectivity index (χ1) is 4.70. The number of rotatable bonds is 1. The fourth-order valence-electron chi connectivity index (χ4n) is 0.781. The van der Waals surface area contributed by atoms with Crippen LogP contribution < -0.4 is 5.32 Å². The predicted octanol–water partition coefficient (Wildman–Crippen LogP) is 1.27. The van der Waals surface area contributed by atoms with Crippen molar-refractivity contribution in [3.05, 3.63) is 22.5 Å². The van der Waals surface area contributed by atoms with Crippen LogP contribution in [0.5, 0.6) is 0 Å². The number of nitrogens with one attached hydrogen (secondary N) is 1. The molecule has 0 radical (unpaired) electrons. The third-order valence-corrected chi connectivity index (χ3v) is 1.89. The number of halogens is 1. The molecule has 0 aromatic carbocycles. The lowest BCUT2D eigenvalue weighted by Crippen LogP contribution is -2.27. The maximum absolute atomic E-state index is 3.42. The Morgan fingerprint density at radius 2 is 2.30 bits per heavy atom. The van der Waals surface area contributed by atoms with Gasteiger partial charge in [0.2, 0.25) is 0 Å². The van der Waals surface area contributed by atoms with Gasteiger partial charge in [0.1, 0.15) is 5.82 Å². The van der Waals surface area contributed by atoms with Crippen molar-refractivity contribution in [1.82, 2.24) is 10.2 Å². The van der Waals surface area contributed by atoms with E-state index in [-0.39, 0.29) is 0 Å². The van der Waals surface area contributed by atoms with E-state index in [9.17, 15) is 0 Å². The largest absolute Gasteiger partial charge is 0.368 e. The summed E-state index contributed by atoms with van der Waals surface area (Å²) in [6, 6.07) is 0. The Kier molecular flexibility index (Phi) is 2.38. The first-order valence-corrected chi connectivity index (χ1v) is 3.98. The van der Waals surface area contributed by atoms with Gasteiger partial charge in [-0.1, -0.05) is 22.0 Å². The van der Waals surface area contributed by atoms with Crippen LogP contribution in [-0.4, -0.2) is 25.5 Å². The molecule has 0 aromatic rings. The molecule has 0 aliphatic carbocycles. The van der Waals surface area contributed by atoms with Crippen molar-refractivity contribution < 1.29 is 0 Å². The number of hydrogen-bond donors (Lipinski definition) is 1. The number of hydrogen-bond acceptors (Lipinski definition) is 2. The highest BCUT2D eigenvalue weighted by molar-refractivity contribution is 9.11. The molecule has 0 unspecified atom stereocenters. The normalized spacial score (nSPS) is 17.1. The monoisotopic (exact) mass is 202 g/mol. The molecule has 0 bridgehead atoms. The molecule has 10 heavy (non-hydrogen) atoms. The summed E-state index contributed by atoms with van der Waals surface area (Å²) in [6.45, 7) is 0.907. The molecule has 0 amide bonds. The molecule has 0 saturated heterocycles. The van der Waals surface area contributed by atoms with E-state index in [1.54, 1.807) is 0 Å². The van der Waals surface area contributed by atoms with Crippen molar-refractivity contribution in [3.8, 4) is 0 Å². The van der Waals surface area contributed by atoms with Crippen LogP contribution in [-0.2, 0) is 0 Å². The molecule has 2 nitrogen and oxygen atoms in total. The van der Waals surface area contributed by atoms with Gasteiger partial charge in [0.15, 0.2) is 0 Å². The van der Waals surface area contributed by atoms with Crippen LogP contribution in [0.1, 0.15) is 0 Å². The maximum atomic E-state index is 3.42. The van der Waals surface area contributed by atoms with E-state index in [1.807, 2.05) is 19.0 Å². The first kappa shape index (κ1) is 7.66. The van der Waals surface area contributed by atoms with E-state index < -0.39 is 0 Å². The van der Waals surface area contributed by atoms with Gasteiger partial charge in [-0.15, -0.1) is 0 Å². The highest BCUT2D eigenvalue weighted by Crippen LogP contribution is 2.12. The Morgan fingerprint density at radius 1 is 1.60 bits per heavy atom. The predicted molar refractivity (Wildman–Crippen MR) is 46.8 cm³/mol. The van der Waals surface area contributed by atoms with Gasteiger partial charge in [-0.2, -0.15) is 0 Å². The van der Waals surface area contributed by atoms with Crippen LogP contribution in [0, 0.1) is 0 Å². The van der Waals surface area contributed by atoms with Gasteiger partial charge in [-0.3, -0.25) is 0 Å². The third kappa shape index (κ3) is 1.77. The second-order valence-corrected chi connectivity index (χ2v) is 3.31. The standard InChI is InChI=1S/C7H11BrN2/c1-10(2)7-5-6(8)3-4-9-7/h3,5,9H,4H2,1-2H3. The molecule has 1 N–H and O–H groups in total. The van der Waals surface area contributed by atoms with Crippen molar-refractivity contribution in [2.75, 3.05) is 20.6 Å². The van der Waals surface area contributed by atoms with Crippen LogP contribution in [0.25, 0.3) is 0 Å². The minimum Gasteiger partial charge on any atom is -0.368 e. The Morgan fingerprint density at radius 3 is 2.70 bits per heavy atom. The second kappa shape index (κ2) is 3.10. The lowest BCUT2D eigenvalue weighted by molar-refractivity contribution is 0.466. The van der Waals surface area contributed by atoms with Crippen molar-refractivity contribution in [2.24, 2.45) is 0 Å². The van der Waals surface area contributed by atoms with Crippen molar-refractivity contribution in [3.63, 3.8) is 0 Å². The number of dihydropyridines is 1. The molecule has 1 aliphatic heterocycles. The topological polar surface area (TPSA) is 15.3 Å². The highest BCUT2D eigenvalue weighted by Gasteiger charge is 2.02. The molecular weight excluding hydrogens is 192 g/mol.